The minimum atomic E-state index is -4.67. The number of rotatable bonds is 34. The molecule has 0 heterocycles. The summed E-state index contributed by atoms with van der Waals surface area (Å²) < 4.78 is 37.5. The van der Waals surface area contributed by atoms with E-state index in [2.05, 4.69) is 13.8 Å². The fourth-order valence-electron chi connectivity index (χ4n) is 5.61. The van der Waals surface area contributed by atoms with Crippen LogP contribution in [0.25, 0.3) is 0 Å². The van der Waals surface area contributed by atoms with Crippen LogP contribution in [0.2, 0.25) is 0 Å². The number of ether oxygens (including phenoxy) is 1. The Morgan fingerprint density at radius 2 is 0.512 bits per heavy atom. The zero-order valence-corrected chi connectivity index (χ0v) is 33.5. The van der Waals surface area contributed by atoms with Crippen LogP contribution in [-0.4, -0.2) is 30.7 Å². The average Bonchev–Trinajstić information content (AvgIpc) is 2.94. The predicted octanol–water partition coefficient (Wildman–Crippen LogP) is 9.99. The molecule has 0 bridgehead atoms. The van der Waals surface area contributed by atoms with Gasteiger partial charge in [-0.15, -0.1) is 0 Å². The van der Waals surface area contributed by atoms with Gasteiger partial charge in [0.1, 0.15) is 0 Å². The molecule has 0 unspecified atom stereocenters. The summed E-state index contributed by atoms with van der Waals surface area (Å²) in [5.74, 6) is 0. The molecule has 0 amide bonds. The molecular weight excluding hydrogens is 584 g/mol. The van der Waals surface area contributed by atoms with Gasteiger partial charge in [0, 0.05) is 13.2 Å². The summed E-state index contributed by atoms with van der Waals surface area (Å²) in [7, 11) is -4.67. The van der Waals surface area contributed by atoms with Crippen molar-refractivity contribution in [3.05, 3.63) is 0 Å². The van der Waals surface area contributed by atoms with E-state index < -0.39 is 10.4 Å². The van der Waals surface area contributed by atoms with E-state index >= 15 is 0 Å². The summed E-state index contributed by atoms with van der Waals surface area (Å²) in [5.41, 5.74) is 0. The minimum Gasteiger partial charge on any atom is -1.00 e. The monoisotopic (exact) mass is 661 g/mol. The first-order valence-corrected chi connectivity index (χ1v) is 20.1. The summed E-state index contributed by atoms with van der Waals surface area (Å²) in [6.45, 7) is 6.60. The van der Waals surface area contributed by atoms with Crippen LogP contribution in [0.3, 0.4) is 0 Å². The van der Waals surface area contributed by atoms with Crippen LogP contribution in [-0.2, 0) is 15.1 Å². The molecule has 0 saturated carbocycles. The normalized spacial score (nSPS) is 11.3. The van der Waals surface area contributed by atoms with Gasteiger partial charge in [0.15, 0.2) is 0 Å². The first-order valence-electron chi connectivity index (χ1n) is 18.7. The zero-order valence-electron chi connectivity index (χ0n) is 30.6. The summed E-state index contributed by atoms with van der Waals surface area (Å²) in [6.07, 6.45) is 46.0. The van der Waals surface area contributed by atoms with Crippen LogP contribution >= 0.6 is 0 Å². The number of hydrogen-bond donors (Lipinski definition) is 2. The van der Waals surface area contributed by atoms with Gasteiger partial charge in [-0.25, -0.2) is 0 Å². The Bertz CT molecular complexity index is 539. The fourth-order valence-corrected chi connectivity index (χ4v) is 5.61. The SMILES string of the molecule is CCCCCCCCCCCCCCCCCCOCCCCCCCCCCCCCCCCCC.O=S(=O)(O)O.[H-].[K+]. The number of unbranched alkanes of at least 4 members (excludes halogenated alkanes) is 30. The van der Waals surface area contributed by atoms with Crippen molar-refractivity contribution >= 4 is 10.4 Å². The van der Waals surface area contributed by atoms with E-state index in [0.717, 1.165) is 13.2 Å². The Hall–Kier alpha value is 1.47. The maximum Gasteiger partial charge on any atom is 1.00 e. The van der Waals surface area contributed by atoms with Crippen LogP contribution < -0.4 is 51.4 Å². The first-order chi connectivity index (χ1) is 20.4. The van der Waals surface area contributed by atoms with Gasteiger partial charge >= 0.3 is 61.8 Å². The molecule has 43 heavy (non-hydrogen) atoms. The molecular formula is C36H77KO5S. The summed E-state index contributed by atoms with van der Waals surface area (Å²) >= 11 is 0. The molecule has 0 radical (unpaired) electrons. The van der Waals surface area contributed by atoms with E-state index in [-0.39, 0.29) is 52.8 Å². The Kier molecular flexibility index (Phi) is 49.4. The quantitative estimate of drug-likeness (QED) is 0.0408. The summed E-state index contributed by atoms with van der Waals surface area (Å²) in [6, 6.07) is 0. The van der Waals surface area contributed by atoms with Crippen molar-refractivity contribution in [2.45, 2.75) is 219 Å². The molecule has 0 rings (SSSR count). The molecule has 2 N–H and O–H groups in total. The molecule has 258 valence electrons. The van der Waals surface area contributed by atoms with Crippen LogP contribution in [0, 0.1) is 0 Å². The van der Waals surface area contributed by atoms with Crippen molar-refractivity contribution < 1.29 is 75.1 Å². The molecule has 0 aromatic heterocycles. The molecule has 0 saturated heterocycles. The molecule has 0 aliphatic carbocycles. The van der Waals surface area contributed by atoms with Crippen molar-refractivity contribution in [2.24, 2.45) is 0 Å². The van der Waals surface area contributed by atoms with Crippen LogP contribution in [0.1, 0.15) is 221 Å². The van der Waals surface area contributed by atoms with Crippen molar-refractivity contribution in [1.82, 2.24) is 0 Å². The minimum absolute atomic E-state index is 0. The molecule has 0 atom stereocenters. The average molecular weight is 661 g/mol. The molecule has 0 fully saturated rings. The molecule has 0 aromatic carbocycles. The van der Waals surface area contributed by atoms with Crippen LogP contribution in [0.15, 0.2) is 0 Å². The van der Waals surface area contributed by atoms with Crippen LogP contribution in [0.4, 0.5) is 0 Å². The second-order valence-electron chi connectivity index (χ2n) is 12.7. The van der Waals surface area contributed by atoms with Crippen molar-refractivity contribution in [3.8, 4) is 0 Å². The molecule has 0 aliphatic rings. The van der Waals surface area contributed by atoms with E-state index in [1.54, 1.807) is 0 Å². The van der Waals surface area contributed by atoms with Gasteiger partial charge in [0.05, 0.1) is 0 Å². The third-order valence-corrected chi connectivity index (χ3v) is 8.28. The van der Waals surface area contributed by atoms with Gasteiger partial charge < -0.3 is 6.16 Å². The standard InChI is InChI=1S/C36H74O.K.H2O4S.H/c1-3-5-7-9-11-13-15-17-19-21-23-25-27-29-31-33-35-37-36-34-32-30-28-26-24-22-20-18-16-14-12-10-8-6-4-2;;1-5(2,3)4;/h3-36H2,1-2H3;;(H2,1,2,3,4);/q;+1;;-1. The van der Waals surface area contributed by atoms with E-state index in [1.165, 1.54) is 205 Å². The first kappa shape index (κ1) is 48.9. The van der Waals surface area contributed by atoms with Crippen molar-refractivity contribution in [1.29, 1.82) is 0 Å². The van der Waals surface area contributed by atoms with Gasteiger partial charge in [0.25, 0.3) is 0 Å². The summed E-state index contributed by atoms with van der Waals surface area (Å²) in [5, 5.41) is 0. The Morgan fingerprint density at radius 1 is 0.372 bits per heavy atom. The second kappa shape index (κ2) is 43.5. The summed E-state index contributed by atoms with van der Waals surface area (Å²) in [4.78, 5) is 0. The Labute approximate surface area is 315 Å². The largest absolute Gasteiger partial charge is 1.00 e. The maximum atomic E-state index is 8.74. The second-order valence-corrected chi connectivity index (χ2v) is 13.6. The molecule has 0 aliphatic heterocycles. The number of hydrogen-bond acceptors (Lipinski definition) is 3. The van der Waals surface area contributed by atoms with Gasteiger partial charge in [-0.3, -0.25) is 9.11 Å². The fraction of sp³-hybridized carbons (Fsp3) is 1.00. The van der Waals surface area contributed by atoms with E-state index in [1.807, 2.05) is 0 Å². The van der Waals surface area contributed by atoms with Crippen molar-refractivity contribution in [3.63, 3.8) is 0 Å². The van der Waals surface area contributed by atoms with E-state index in [4.69, 9.17) is 22.3 Å². The van der Waals surface area contributed by atoms with Crippen LogP contribution in [0.5, 0.6) is 0 Å². The topological polar surface area (TPSA) is 83.8 Å². The molecule has 7 heteroatoms. The Balaban J connectivity index is -0.00000105. The van der Waals surface area contributed by atoms with E-state index in [9.17, 15) is 0 Å². The van der Waals surface area contributed by atoms with Gasteiger partial charge in [0.2, 0.25) is 0 Å². The molecule has 0 aromatic rings. The third kappa shape index (κ3) is 59.4. The van der Waals surface area contributed by atoms with Crippen molar-refractivity contribution in [2.75, 3.05) is 13.2 Å². The predicted molar refractivity (Wildman–Crippen MR) is 185 cm³/mol. The molecule has 0 spiro atoms. The Morgan fingerprint density at radius 3 is 0.674 bits per heavy atom. The maximum absolute atomic E-state index is 8.74. The van der Waals surface area contributed by atoms with Gasteiger partial charge in [-0.1, -0.05) is 206 Å². The smallest absolute Gasteiger partial charge is 1.00 e. The van der Waals surface area contributed by atoms with Gasteiger partial charge in [-0.2, -0.15) is 8.42 Å². The zero-order chi connectivity index (χ0) is 31.2. The third-order valence-electron chi connectivity index (χ3n) is 8.28. The van der Waals surface area contributed by atoms with E-state index in [0.29, 0.717) is 0 Å². The van der Waals surface area contributed by atoms with Gasteiger partial charge in [-0.05, 0) is 12.8 Å². The molecule has 5 nitrogen and oxygen atoms in total.